The smallest absolute Gasteiger partial charge is 0.318 e. The minimum atomic E-state index is -0.848. The van der Waals surface area contributed by atoms with Crippen molar-refractivity contribution >= 4 is 35.0 Å². The van der Waals surface area contributed by atoms with Gasteiger partial charge in [-0.1, -0.05) is 25.1 Å². The van der Waals surface area contributed by atoms with Crippen LogP contribution in [0.2, 0.25) is 0 Å². The van der Waals surface area contributed by atoms with Crippen LogP contribution in [0.5, 0.6) is 0 Å². The van der Waals surface area contributed by atoms with Crippen molar-refractivity contribution in [3.8, 4) is 10.7 Å². The normalized spacial score (nSPS) is 16.5. The van der Waals surface area contributed by atoms with E-state index in [0.29, 0.717) is 5.16 Å². The van der Waals surface area contributed by atoms with Crippen LogP contribution in [-0.4, -0.2) is 32.5 Å². The number of rotatable bonds is 5. The van der Waals surface area contributed by atoms with Gasteiger partial charge >= 0.3 is 6.03 Å². The number of primary amides is 1. The Morgan fingerprint density at radius 1 is 1.48 bits per heavy atom. The number of aromatic nitrogens is 3. The number of nitrogens with one attached hydrogen (secondary N) is 1. The molecule has 3 N–H and O–H groups in total. The second-order valence-corrected chi connectivity index (χ2v) is 8.22. The number of carbonyl (C=O) groups excluding carboxylic acids is 2. The molecule has 1 aliphatic carbocycles. The van der Waals surface area contributed by atoms with Crippen LogP contribution in [0.4, 0.5) is 4.79 Å². The number of amides is 3. The third-order valence-corrected chi connectivity index (χ3v) is 6.67. The zero-order valence-corrected chi connectivity index (χ0v) is 15.9. The van der Waals surface area contributed by atoms with E-state index in [2.05, 4.69) is 23.2 Å². The summed E-state index contributed by atoms with van der Waals surface area (Å²) in [5.74, 6) is 1.21. The third kappa shape index (κ3) is 4.04. The van der Waals surface area contributed by atoms with Gasteiger partial charge in [0.2, 0.25) is 5.91 Å². The summed E-state index contributed by atoms with van der Waals surface area (Å²) in [4.78, 5) is 24.8. The molecule has 0 fully saturated rings. The van der Waals surface area contributed by atoms with E-state index in [4.69, 9.17) is 5.73 Å². The molecule has 0 spiro atoms. The monoisotopic (exact) mass is 379 g/mol. The Hall–Kier alpha value is -1.87. The fraction of sp³-hybridized carbons (Fsp3) is 0.500. The van der Waals surface area contributed by atoms with Crippen molar-refractivity contribution in [3.63, 3.8) is 0 Å². The standard InChI is InChI=1S/C16H21N5O2S2/c1-3-9-4-5-11-10(6-9)7-12(25-11)14-19-20-16(21(14)2)24-8-13(22)18-15(17)23/h7,9H,3-6,8H2,1-2H3,(H3,17,18,22,23)/t9-/m0/s1. The first-order valence-electron chi connectivity index (χ1n) is 8.21. The molecule has 9 heteroatoms. The lowest BCUT2D eigenvalue weighted by Gasteiger charge is -2.19. The van der Waals surface area contributed by atoms with Crippen molar-refractivity contribution < 1.29 is 9.59 Å². The van der Waals surface area contributed by atoms with Crippen molar-refractivity contribution in [2.24, 2.45) is 18.7 Å². The van der Waals surface area contributed by atoms with Crippen LogP contribution in [0.15, 0.2) is 11.2 Å². The number of thioether (sulfide) groups is 1. The molecule has 3 rings (SSSR count). The summed E-state index contributed by atoms with van der Waals surface area (Å²) in [6, 6.07) is 1.39. The molecule has 1 aliphatic rings. The lowest BCUT2D eigenvalue weighted by molar-refractivity contribution is -0.117. The maximum atomic E-state index is 11.5. The number of fused-ring (bicyclic) bond motifs is 1. The van der Waals surface area contributed by atoms with Crippen molar-refractivity contribution in [2.75, 3.05) is 5.75 Å². The molecule has 25 heavy (non-hydrogen) atoms. The van der Waals surface area contributed by atoms with E-state index < -0.39 is 11.9 Å². The van der Waals surface area contributed by atoms with Crippen molar-refractivity contribution in [1.82, 2.24) is 20.1 Å². The highest BCUT2D eigenvalue weighted by Crippen LogP contribution is 2.37. The number of aryl methyl sites for hydroxylation is 1. The maximum absolute atomic E-state index is 11.5. The highest BCUT2D eigenvalue weighted by Gasteiger charge is 2.22. The zero-order valence-electron chi connectivity index (χ0n) is 14.2. The second-order valence-electron chi connectivity index (χ2n) is 6.14. The summed E-state index contributed by atoms with van der Waals surface area (Å²) in [6.07, 6.45) is 4.78. The molecule has 0 saturated carbocycles. The lowest BCUT2D eigenvalue weighted by atomic mass is 9.87. The number of hydrogen-bond acceptors (Lipinski definition) is 6. The van der Waals surface area contributed by atoms with E-state index >= 15 is 0 Å². The highest BCUT2D eigenvalue weighted by atomic mass is 32.2. The van der Waals surface area contributed by atoms with E-state index in [1.165, 1.54) is 35.0 Å². The Kier molecular flexibility index (Phi) is 5.43. The molecule has 2 aromatic heterocycles. The van der Waals surface area contributed by atoms with Gasteiger partial charge in [0.05, 0.1) is 10.6 Å². The summed E-state index contributed by atoms with van der Waals surface area (Å²) >= 11 is 3.01. The van der Waals surface area contributed by atoms with Crippen LogP contribution in [0.25, 0.3) is 10.7 Å². The van der Waals surface area contributed by atoms with Crippen molar-refractivity contribution in [2.45, 2.75) is 37.8 Å². The number of carbonyl (C=O) groups is 2. The summed E-state index contributed by atoms with van der Waals surface area (Å²) < 4.78 is 1.89. The quantitative estimate of drug-likeness (QED) is 0.776. The van der Waals surface area contributed by atoms with Crippen molar-refractivity contribution in [1.29, 1.82) is 0 Å². The van der Waals surface area contributed by atoms with Crippen LogP contribution in [0.3, 0.4) is 0 Å². The molecule has 7 nitrogen and oxygen atoms in total. The lowest BCUT2D eigenvalue weighted by Crippen LogP contribution is -2.36. The number of urea groups is 1. The molecule has 0 radical (unpaired) electrons. The minimum absolute atomic E-state index is 0.0635. The molecular formula is C16H21N5O2S2. The van der Waals surface area contributed by atoms with Crippen LogP contribution in [0, 0.1) is 5.92 Å². The minimum Gasteiger partial charge on any atom is -0.351 e. The molecule has 0 saturated heterocycles. The number of nitrogens with two attached hydrogens (primary N) is 1. The Balaban J connectivity index is 1.72. The highest BCUT2D eigenvalue weighted by molar-refractivity contribution is 7.99. The van der Waals surface area contributed by atoms with Crippen LogP contribution in [0.1, 0.15) is 30.2 Å². The van der Waals surface area contributed by atoms with Gasteiger partial charge in [0.15, 0.2) is 11.0 Å². The fourth-order valence-corrected chi connectivity index (χ4v) is 4.96. The first-order chi connectivity index (χ1) is 12.0. The largest absolute Gasteiger partial charge is 0.351 e. The molecule has 0 unspecified atom stereocenters. The summed E-state index contributed by atoms with van der Waals surface area (Å²) in [5.41, 5.74) is 6.37. The Morgan fingerprint density at radius 3 is 3.00 bits per heavy atom. The Labute approximate surface area is 154 Å². The predicted octanol–water partition coefficient (Wildman–Crippen LogP) is 2.35. The first kappa shape index (κ1) is 17.9. The van der Waals surface area contributed by atoms with Gasteiger partial charge in [0.25, 0.3) is 0 Å². The van der Waals surface area contributed by atoms with Gasteiger partial charge in [-0.05, 0) is 36.8 Å². The van der Waals surface area contributed by atoms with E-state index in [1.807, 2.05) is 16.9 Å². The molecule has 0 aromatic carbocycles. The molecule has 2 aromatic rings. The molecule has 1 atom stereocenters. The van der Waals surface area contributed by atoms with Gasteiger partial charge in [-0.15, -0.1) is 21.5 Å². The maximum Gasteiger partial charge on any atom is 0.318 e. The van der Waals surface area contributed by atoms with Gasteiger partial charge < -0.3 is 10.3 Å². The van der Waals surface area contributed by atoms with Gasteiger partial charge in [0.1, 0.15) is 0 Å². The van der Waals surface area contributed by atoms with Crippen LogP contribution < -0.4 is 11.1 Å². The molecule has 0 bridgehead atoms. The van der Waals surface area contributed by atoms with Crippen LogP contribution in [-0.2, 0) is 24.7 Å². The molecule has 0 aliphatic heterocycles. The van der Waals surface area contributed by atoms with Gasteiger partial charge in [-0.25, -0.2) is 4.79 Å². The first-order valence-corrected chi connectivity index (χ1v) is 10.0. The number of imide groups is 1. The fourth-order valence-electron chi connectivity index (χ4n) is 3.02. The average molecular weight is 380 g/mol. The summed E-state index contributed by atoms with van der Waals surface area (Å²) in [6.45, 7) is 2.25. The Bertz CT molecular complexity index is 799. The Morgan fingerprint density at radius 2 is 2.28 bits per heavy atom. The number of nitrogens with zero attached hydrogens (tertiary/aromatic N) is 3. The molecule has 3 amide bonds. The number of thiophene rings is 1. The van der Waals surface area contributed by atoms with Crippen molar-refractivity contribution in [3.05, 3.63) is 16.5 Å². The van der Waals surface area contributed by atoms with Gasteiger partial charge in [-0.3, -0.25) is 10.1 Å². The number of hydrogen-bond donors (Lipinski definition) is 2. The van der Waals surface area contributed by atoms with Crippen LogP contribution >= 0.6 is 23.1 Å². The van der Waals surface area contributed by atoms with E-state index in [9.17, 15) is 9.59 Å². The molecular weight excluding hydrogens is 358 g/mol. The van der Waals surface area contributed by atoms with E-state index in [1.54, 1.807) is 11.3 Å². The summed E-state index contributed by atoms with van der Waals surface area (Å²) in [7, 11) is 1.89. The molecule has 134 valence electrons. The second kappa shape index (κ2) is 7.57. The summed E-state index contributed by atoms with van der Waals surface area (Å²) in [5, 5.41) is 11.1. The molecule has 2 heterocycles. The SMILES string of the molecule is CC[C@H]1CCc2sc(-c3nnc(SCC(=O)NC(N)=O)n3C)cc2C1. The van der Waals surface area contributed by atoms with Gasteiger partial charge in [0, 0.05) is 11.9 Å². The predicted molar refractivity (Wildman–Crippen MR) is 98.6 cm³/mol. The zero-order chi connectivity index (χ0) is 18.0. The van der Waals surface area contributed by atoms with Gasteiger partial charge in [-0.2, -0.15) is 0 Å². The third-order valence-electron chi connectivity index (χ3n) is 4.41. The van der Waals surface area contributed by atoms with E-state index in [-0.39, 0.29) is 5.75 Å². The average Bonchev–Trinajstić information content (AvgIpc) is 3.14. The topological polar surface area (TPSA) is 103 Å². The van der Waals surface area contributed by atoms with E-state index in [0.717, 1.165) is 29.5 Å².